The van der Waals surface area contributed by atoms with Crippen molar-refractivity contribution in [1.82, 2.24) is 0 Å². The monoisotopic (exact) mass is 218 g/mol. The highest BCUT2D eigenvalue weighted by Gasteiger charge is 2.00. The Bertz CT molecular complexity index is 474. The van der Waals surface area contributed by atoms with Gasteiger partial charge >= 0.3 is 0 Å². The second-order valence-electron chi connectivity index (χ2n) is 3.51. The summed E-state index contributed by atoms with van der Waals surface area (Å²) < 4.78 is 0. The molecule has 0 aliphatic heterocycles. The van der Waals surface area contributed by atoms with Gasteiger partial charge in [0.15, 0.2) is 0 Å². The molecule has 0 aliphatic rings. The number of benzene rings is 2. The van der Waals surface area contributed by atoms with E-state index in [1.807, 2.05) is 37.3 Å². The van der Waals surface area contributed by atoms with Crippen LogP contribution in [-0.4, -0.2) is 5.11 Å². The van der Waals surface area contributed by atoms with Crippen molar-refractivity contribution in [3.8, 4) is 16.9 Å². The van der Waals surface area contributed by atoms with Crippen molar-refractivity contribution in [1.29, 1.82) is 0 Å². The van der Waals surface area contributed by atoms with E-state index in [4.69, 9.17) is 11.6 Å². The molecule has 0 spiro atoms. The number of halogens is 1. The minimum atomic E-state index is 0.275. The Labute approximate surface area is 94.0 Å². The summed E-state index contributed by atoms with van der Waals surface area (Å²) >= 11 is 6.05. The number of aromatic hydroxyl groups is 1. The predicted octanol–water partition coefficient (Wildman–Crippen LogP) is 4.02. The maximum Gasteiger partial charge on any atom is 0.115 e. The lowest BCUT2D eigenvalue weighted by Crippen LogP contribution is -1.80. The summed E-state index contributed by atoms with van der Waals surface area (Å²) in [5, 5.41) is 9.94. The van der Waals surface area contributed by atoms with Gasteiger partial charge < -0.3 is 5.11 Å². The lowest BCUT2D eigenvalue weighted by molar-refractivity contribution is 0.475. The normalized spacial score (nSPS) is 10.3. The first kappa shape index (κ1) is 10.1. The van der Waals surface area contributed by atoms with Crippen LogP contribution in [-0.2, 0) is 0 Å². The van der Waals surface area contributed by atoms with E-state index in [0.29, 0.717) is 0 Å². The van der Waals surface area contributed by atoms with Gasteiger partial charge in [0.1, 0.15) is 5.75 Å². The van der Waals surface area contributed by atoms with Gasteiger partial charge in [0, 0.05) is 5.02 Å². The van der Waals surface area contributed by atoms with Gasteiger partial charge in [-0.15, -0.1) is 0 Å². The number of hydrogen-bond donors (Lipinski definition) is 1. The van der Waals surface area contributed by atoms with Gasteiger partial charge in [0.05, 0.1) is 0 Å². The number of aryl methyl sites for hydroxylation is 1. The summed E-state index contributed by atoms with van der Waals surface area (Å²) in [5.41, 5.74) is 3.18. The van der Waals surface area contributed by atoms with Crippen LogP contribution in [0.4, 0.5) is 0 Å². The smallest absolute Gasteiger partial charge is 0.115 e. The highest BCUT2D eigenvalue weighted by atomic mass is 35.5. The molecule has 0 amide bonds. The van der Waals surface area contributed by atoms with Crippen molar-refractivity contribution < 1.29 is 5.11 Å². The Morgan fingerprint density at radius 2 is 1.53 bits per heavy atom. The average Bonchev–Trinajstić information content (AvgIpc) is 2.23. The molecule has 0 saturated carbocycles. The molecule has 0 radical (unpaired) electrons. The van der Waals surface area contributed by atoms with Crippen molar-refractivity contribution in [2.24, 2.45) is 0 Å². The van der Waals surface area contributed by atoms with E-state index in [-0.39, 0.29) is 5.75 Å². The van der Waals surface area contributed by atoms with Gasteiger partial charge in [0.2, 0.25) is 0 Å². The zero-order chi connectivity index (χ0) is 10.8. The predicted molar refractivity (Wildman–Crippen MR) is 63.3 cm³/mol. The fourth-order valence-corrected chi connectivity index (χ4v) is 1.61. The lowest BCUT2D eigenvalue weighted by atomic mass is 10.0. The molecular formula is C13H11ClO. The summed E-state index contributed by atoms with van der Waals surface area (Å²) in [6.07, 6.45) is 0. The molecule has 0 unspecified atom stereocenters. The molecule has 2 heteroatoms. The van der Waals surface area contributed by atoms with Crippen molar-refractivity contribution in [2.45, 2.75) is 6.92 Å². The summed E-state index contributed by atoms with van der Waals surface area (Å²) in [6.45, 7) is 1.98. The van der Waals surface area contributed by atoms with Crippen molar-refractivity contribution in [2.75, 3.05) is 0 Å². The van der Waals surface area contributed by atoms with Crippen LogP contribution in [0, 0.1) is 6.92 Å². The van der Waals surface area contributed by atoms with Crippen LogP contribution in [0.3, 0.4) is 0 Å². The van der Waals surface area contributed by atoms with E-state index in [0.717, 1.165) is 21.7 Å². The van der Waals surface area contributed by atoms with E-state index in [1.165, 1.54) is 0 Å². The van der Waals surface area contributed by atoms with Gasteiger partial charge in [0.25, 0.3) is 0 Å². The van der Waals surface area contributed by atoms with Crippen molar-refractivity contribution in [3.05, 3.63) is 53.1 Å². The third-order valence-corrected chi connectivity index (χ3v) is 2.78. The van der Waals surface area contributed by atoms with Gasteiger partial charge in [-0.25, -0.2) is 0 Å². The largest absolute Gasteiger partial charge is 0.508 e. The Morgan fingerprint density at radius 3 is 2.13 bits per heavy atom. The van der Waals surface area contributed by atoms with Crippen LogP contribution < -0.4 is 0 Å². The second-order valence-corrected chi connectivity index (χ2v) is 3.92. The fraction of sp³-hybridized carbons (Fsp3) is 0.0769. The van der Waals surface area contributed by atoms with Gasteiger partial charge in [-0.1, -0.05) is 35.9 Å². The SMILES string of the molecule is Cc1ccc(-c2ccc(O)cc2)cc1Cl. The maximum absolute atomic E-state index is 9.18. The van der Waals surface area contributed by atoms with E-state index in [2.05, 4.69) is 0 Å². The van der Waals surface area contributed by atoms with Gasteiger partial charge in [-0.3, -0.25) is 0 Å². The van der Waals surface area contributed by atoms with E-state index in [9.17, 15) is 5.11 Å². The van der Waals surface area contributed by atoms with Crippen LogP contribution in [0.5, 0.6) is 5.75 Å². The van der Waals surface area contributed by atoms with Crippen LogP contribution >= 0.6 is 11.6 Å². The molecular weight excluding hydrogens is 208 g/mol. The number of hydrogen-bond acceptors (Lipinski definition) is 1. The maximum atomic E-state index is 9.18. The molecule has 76 valence electrons. The van der Waals surface area contributed by atoms with E-state index < -0.39 is 0 Å². The third-order valence-electron chi connectivity index (χ3n) is 2.37. The minimum absolute atomic E-state index is 0.275. The Balaban J connectivity index is 2.45. The topological polar surface area (TPSA) is 20.2 Å². The molecule has 2 aromatic carbocycles. The minimum Gasteiger partial charge on any atom is -0.508 e. The Kier molecular flexibility index (Phi) is 2.65. The molecule has 0 aliphatic carbocycles. The first-order valence-electron chi connectivity index (χ1n) is 4.72. The Morgan fingerprint density at radius 1 is 0.933 bits per heavy atom. The highest BCUT2D eigenvalue weighted by molar-refractivity contribution is 6.31. The molecule has 0 heterocycles. The summed E-state index contributed by atoms with van der Waals surface area (Å²) in [5.74, 6) is 0.275. The molecule has 2 aromatic rings. The van der Waals surface area contributed by atoms with Crippen LogP contribution in [0.15, 0.2) is 42.5 Å². The molecule has 0 bridgehead atoms. The number of phenolic OH excluding ortho intramolecular Hbond substituents is 1. The summed E-state index contributed by atoms with van der Waals surface area (Å²) in [7, 11) is 0. The summed E-state index contributed by atoms with van der Waals surface area (Å²) in [6, 6.07) is 13.0. The third kappa shape index (κ3) is 2.13. The van der Waals surface area contributed by atoms with Crippen LogP contribution in [0.1, 0.15) is 5.56 Å². The van der Waals surface area contributed by atoms with Gasteiger partial charge in [-0.05, 0) is 41.8 Å². The van der Waals surface area contributed by atoms with Crippen molar-refractivity contribution in [3.63, 3.8) is 0 Å². The second kappa shape index (κ2) is 3.95. The fourth-order valence-electron chi connectivity index (χ4n) is 1.43. The first-order valence-corrected chi connectivity index (χ1v) is 5.10. The lowest BCUT2D eigenvalue weighted by Gasteiger charge is -2.04. The summed E-state index contributed by atoms with van der Waals surface area (Å²) in [4.78, 5) is 0. The highest BCUT2D eigenvalue weighted by Crippen LogP contribution is 2.26. The standard InChI is InChI=1S/C13H11ClO/c1-9-2-3-11(8-13(9)14)10-4-6-12(15)7-5-10/h2-8,15H,1H3. The number of phenols is 1. The molecule has 0 atom stereocenters. The average molecular weight is 219 g/mol. The van der Waals surface area contributed by atoms with Crippen LogP contribution in [0.2, 0.25) is 5.02 Å². The molecule has 0 fully saturated rings. The quantitative estimate of drug-likeness (QED) is 0.767. The van der Waals surface area contributed by atoms with E-state index in [1.54, 1.807) is 12.1 Å². The van der Waals surface area contributed by atoms with Crippen LogP contribution in [0.25, 0.3) is 11.1 Å². The Hall–Kier alpha value is -1.47. The zero-order valence-corrected chi connectivity index (χ0v) is 9.12. The molecule has 1 nitrogen and oxygen atoms in total. The van der Waals surface area contributed by atoms with Gasteiger partial charge in [-0.2, -0.15) is 0 Å². The van der Waals surface area contributed by atoms with Crippen molar-refractivity contribution >= 4 is 11.6 Å². The molecule has 0 aromatic heterocycles. The molecule has 2 rings (SSSR count). The van der Waals surface area contributed by atoms with E-state index >= 15 is 0 Å². The molecule has 1 N–H and O–H groups in total. The zero-order valence-electron chi connectivity index (χ0n) is 8.37. The molecule has 0 saturated heterocycles. The number of rotatable bonds is 1. The first-order chi connectivity index (χ1) is 7.16. The molecule has 15 heavy (non-hydrogen) atoms.